The van der Waals surface area contributed by atoms with Crippen LogP contribution in [0.25, 0.3) is 0 Å². The first-order valence-electron chi connectivity index (χ1n) is 7.23. The van der Waals surface area contributed by atoms with Crippen molar-refractivity contribution in [2.24, 2.45) is 0 Å². The van der Waals surface area contributed by atoms with Crippen molar-refractivity contribution >= 4 is 0 Å². The number of aliphatic hydroxyl groups is 1. The number of hydrogen-bond acceptors (Lipinski definition) is 5. The minimum absolute atomic E-state index is 0.0116. The van der Waals surface area contributed by atoms with Gasteiger partial charge in [-0.05, 0) is 25.0 Å². The number of rotatable bonds is 3. The van der Waals surface area contributed by atoms with Crippen LogP contribution in [0.3, 0.4) is 0 Å². The van der Waals surface area contributed by atoms with Crippen molar-refractivity contribution in [1.29, 1.82) is 0 Å². The van der Waals surface area contributed by atoms with Crippen molar-refractivity contribution in [2.45, 2.75) is 50.5 Å². The molecule has 5 heteroatoms. The molecule has 5 nitrogen and oxygen atoms in total. The van der Waals surface area contributed by atoms with Gasteiger partial charge in [-0.1, -0.05) is 30.5 Å². The summed E-state index contributed by atoms with van der Waals surface area (Å²) in [4.78, 5) is 8.70. The lowest BCUT2D eigenvalue weighted by Crippen LogP contribution is -2.17. The van der Waals surface area contributed by atoms with E-state index in [1.165, 1.54) is 6.42 Å². The van der Waals surface area contributed by atoms with E-state index in [1.807, 2.05) is 18.2 Å². The van der Waals surface area contributed by atoms with Crippen molar-refractivity contribution < 1.29 is 9.63 Å². The molecule has 0 amide bonds. The number of aromatic nitrogens is 3. The maximum Gasteiger partial charge on any atom is 0.232 e. The first-order chi connectivity index (χ1) is 9.83. The first kappa shape index (κ1) is 13.2. The Morgan fingerprint density at radius 3 is 2.95 bits per heavy atom. The highest BCUT2D eigenvalue weighted by atomic mass is 16.5. The normalized spacial score (nSPS) is 23.4. The summed E-state index contributed by atoms with van der Waals surface area (Å²) in [6.45, 7) is 0. The van der Waals surface area contributed by atoms with Gasteiger partial charge in [-0.25, -0.2) is 0 Å². The standard InChI is InChI=1S/C15H19N3O2/c19-13-8-3-1-2-7-12(13)15-17-14(18-20-15)10-11-6-4-5-9-16-11/h4-6,9,12-13,19H,1-3,7-8,10H2. The molecule has 2 atom stereocenters. The van der Waals surface area contributed by atoms with Gasteiger partial charge in [-0.3, -0.25) is 4.98 Å². The van der Waals surface area contributed by atoms with Gasteiger partial charge in [-0.2, -0.15) is 4.98 Å². The van der Waals surface area contributed by atoms with Gasteiger partial charge in [0, 0.05) is 11.9 Å². The van der Waals surface area contributed by atoms with Crippen LogP contribution < -0.4 is 0 Å². The zero-order valence-electron chi connectivity index (χ0n) is 11.4. The second-order valence-electron chi connectivity index (χ2n) is 5.36. The van der Waals surface area contributed by atoms with Crippen LogP contribution in [0, 0.1) is 0 Å². The van der Waals surface area contributed by atoms with E-state index < -0.39 is 0 Å². The molecule has 1 fully saturated rings. The van der Waals surface area contributed by atoms with E-state index in [4.69, 9.17) is 4.52 Å². The van der Waals surface area contributed by atoms with Crippen molar-refractivity contribution in [3.05, 3.63) is 41.8 Å². The van der Waals surface area contributed by atoms with Gasteiger partial charge in [0.1, 0.15) is 0 Å². The van der Waals surface area contributed by atoms with Crippen LogP contribution in [-0.2, 0) is 6.42 Å². The van der Waals surface area contributed by atoms with Gasteiger partial charge in [0.25, 0.3) is 0 Å². The van der Waals surface area contributed by atoms with E-state index in [9.17, 15) is 5.11 Å². The summed E-state index contributed by atoms with van der Waals surface area (Å²) in [5.41, 5.74) is 0.918. The maximum absolute atomic E-state index is 10.2. The fraction of sp³-hybridized carbons (Fsp3) is 0.533. The quantitative estimate of drug-likeness (QED) is 0.870. The number of aliphatic hydroxyl groups excluding tert-OH is 1. The molecular weight excluding hydrogens is 254 g/mol. The third kappa shape index (κ3) is 3.04. The van der Waals surface area contributed by atoms with Gasteiger partial charge < -0.3 is 9.63 Å². The van der Waals surface area contributed by atoms with Crippen LogP contribution in [0.1, 0.15) is 55.4 Å². The molecule has 0 spiro atoms. The average molecular weight is 273 g/mol. The number of nitrogens with zero attached hydrogens (tertiary/aromatic N) is 3. The molecule has 0 bridgehead atoms. The highest BCUT2D eigenvalue weighted by molar-refractivity contribution is 5.10. The molecule has 1 saturated carbocycles. The second-order valence-corrected chi connectivity index (χ2v) is 5.36. The molecule has 106 valence electrons. The predicted octanol–water partition coefficient (Wildman–Crippen LogP) is 2.46. The van der Waals surface area contributed by atoms with Gasteiger partial charge in [0.2, 0.25) is 5.89 Å². The topological polar surface area (TPSA) is 72.0 Å². The lowest BCUT2D eigenvalue weighted by Gasteiger charge is -2.15. The molecular formula is C15H19N3O2. The van der Waals surface area contributed by atoms with Gasteiger partial charge in [0.15, 0.2) is 5.82 Å². The maximum atomic E-state index is 10.2. The summed E-state index contributed by atoms with van der Waals surface area (Å²) >= 11 is 0. The second kappa shape index (κ2) is 6.13. The molecule has 0 aliphatic heterocycles. The molecule has 0 aromatic carbocycles. The van der Waals surface area contributed by atoms with Crippen LogP contribution in [0.4, 0.5) is 0 Å². The zero-order chi connectivity index (χ0) is 13.8. The Morgan fingerprint density at radius 1 is 1.20 bits per heavy atom. The van der Waals surface area contributed by atoms with Crippen LogP contribution in [0.15, 0.2) is 28.9 Å². The molecule has 1 aliphatic rings. The lowest BCUT2D eigenvalue weighted by molar-refractivity contribution is 0.119. The molecule has 0 radical (unpaired) electrons. The fourth-order valence-electron chi connectivity index (χ4n) is 2.73. The number of hydrogen-bond donors (Lipinski definition) is 1. The van der Waals surface area contributed by atoms with E-state index >= 15 is 0 Å². The van der Waals surface area contributed by atoms with E-state index in [-0.39, 0.29) is 12.0 Å². The smallest absolute Gasteiger partial charge is 0.232 e. The number of pyridine rings is 1. The lowest BCUT2D eigenvalue weighted by atomic mass is 9.97. The van der Waals surface area contributed by atoms with E-state index in [1.54, 1.807) is 6.20 Å². The molecule has 3 rings (SSSR count). The summed E-state index contributed by atoms with van der Waals surface area (Å²) in [5, 5.41) is 14.2. The van der Waals surface area contributed by atoms with Crippen LogP contribution in [0.2, 0.25) is 0 Å². The Bertz CT molecular complexity index is 541. The highest BCUT2D eigenvalue weighted by Gasteiger charge is 2.28. The summed E-state index contributed by atoms with van der Waals surface area (Å²) in [7, 11) is 0. The van der Waals surface area contributed by atoms with Crippen molar-refractivity contribution in [2.75, 3.05) is 0 Å². The Labute approximate surface area is 118 Å². The van der Waals surface area contributed by atoms with Crippen LogP contribution in [0.5, 0.6) is 0 Å². The minimum atomic E-state index is -0.361. The van der Waals surface area contributed by atoms with Gasteiger partial charge in [-0.15, -0.1) is 0 Å². The fourth-order valence-corrected chi connectivity index (χ4v) is 2.73. The molecule has 0 saturated heterocycles. The van der Waals surface area contributed by atoms with E-state index in [0.29, 0.717) is 18.1 Å². The van der Waals surface area contributed by atoms with Crippen LogP contribution in [-0.4, -0.2) is 26.3 Å². The van der Waals surface area contributed by atoms with Crippen molar-refractivity contribution in [1.82, 2.24) is 15.1 Å². The SMILES string of the molecule is OC1CCCCCC1c1nc(Cc2ccccn2)no1. The summed E-state index contributed by atoms with van der Waals surface area (Å²) in [6.07, 6.45) is 7.06. The first-order valence-corrected chi connectivity index (χ1v) is 7.23. The molecule has 2 unspecified atom stereocenters. The largest absolute Gasteiger partial charge is 0.392 e. The van der Waals surface area contributed by atoms with Crippen molar-refractivity contribution in [3.63, 3.8) is 0 Å². The van der Waals surface area contributed by atoms with Crippen molar-refractivity contribution in [3.8, 4) is 0 Å². The Balaban J connectivity index is 1.72. The third-order valence-electron chi connectivity index (χ3n) is 3.85. The van der Waals surface area contributed by atoms with E-state index in [2.05, 4.69) is 15.1 Å². The molecule has 20 heavy (non-hydrogen) atoms. The predicted molar refractivity (Wildman–Crippen MR) is 73.2 cm³/mol. The summed E-state index contributed by atoms with van der Waals surface area (Å²) < 4.78 is 5.35. The minimum Gasteiger partial charge on any atom is -0.392 e. The molecule has 1 N–H and O–H groups in total. The van der Waals surface area contributed by atoms with Gasteiger partial charge >= 0.3 is 0 Å². The zero-order valence-corrected chi connectivity index (χ0v) is 11.4. The van der Waals surface area contributed by atoms with Crippen LogP contribution >= 0.6 is 0 Å². The average Bonchev–Trinajstić information content (AvgIpc) is 2.81. The molecule has 2 heterocycles. The molecule has 1 aliphatic carbocycles. The third-order valence-corrected chi connectivity index (χ3v) is 3.85. The van der Waals surface area contributed by atoms with Gasteiger partial charge in [0.05, 0.1) is 18.4 Å². The summed E-state index contributed by atoms with van der Waals surface area (Å²) in [6, 6.07) is 5.77. The molecule has 2 aromatic heterocycles. The van der Waals surface area contributed by atoms with E-state index in [0.717, 1.165) is 31.4 Å². The Morgan fingerprint density at radius 2 is 2.10 bits per heavy atom. The Hall–Kier alpha value is -1.75. The monoisotopic (exact) mass is 273 g/mol. The molecule has 2 aromatic rings. The summed E-state index contributed by atoms with van der Waals surface area (Å²) in [5.74, 6) is 1.20. The highest BCUT2D eigenvalue weighted by Crippen LogP contribution is 2.31. The Kier molecular flexibility index (Phi) is 4.06.